The Balaban J connectivity index is 1.14. The zero-order valence-electron chi connectivity index (χ0n) is 28.3. The molecule has 2 aliphatic carbocycles. The van der Waals surface area contributed by atoms with Gasteiger partial charge in [-0.3, -0.25) is 9.48 Å². The Labute approximate surface area is 279 Å². The first-order valence-electron chi connectivity index (χ1n) is 17.4. The largest absolute Gasteiger partial charge is 0.496 e. The second kappa shape index (κ2) is 14.9. The predicted molar refractivity (Wildman–Crippen MR) is 183 cm³/mol. The highest BCUT2D eigenvalue weighted by Gasteiger charge is 2.34. The molecular weight excluding hydrogens is 592 g/mol. The summed E-state index contributed by atoms with van der Waals surface area (Å²) in [4.78, 5) is 28.8. The number of hydrogen-bond donors (Lipinski definition) is 1. The molecule has 3 aromatic rings. The molecule has 2 amide bonds. The Hall–Kier alpha value is -3.85. The van der Waals surface area contributed by atoms with Crippen LogP contribution in [0.2, 0.25) is 0 Å². The number of aromatic nitrogens is 2. The molecule has 2 saturated carbocycles. The lowest BCUT2D eigenvalue weighted by Crippen LogP contribution is -2.46. The molecule has 2 aromatic carbocycles. The fourth-order valence-electron chi connectivity index (χ4n) is 7.38. The van der Waals surface area contributed by atoms with E-state index in [4.69, 9.17) is 14.2 Å². The van der Waals surface area contributed by atoms with Gasteiger partial charge in [0.15, 0.2) is 6.10 Å². The third kappa shape index (κ3) is 8.00. The third-order valence-corrected chi connectivity index (χ3v) is 10.3. The highest BCUT2D eigenvalue weighted by Crippen LogP contribution is 2.39. The van der Waals surface area contributed by atoms with Crippen LogP contribution in [0.5, 0.6) is 5.75 Å². The minimum atomic E-state index is -0.382. The lowest BCUT2D eigenvalue weighted by atomic mass is 9.78. The minimum Gasteiger partial charge on any atom is -0.496 e. The summed E-state index contributed by atoms with van der Waals surface area (Å²) in [6, 6.07) is 15.3. The summed E-state index contributed by atoms with van der Waals surface area (Å²) in [5.74, 6) is 2.02. The van der Waals surface area contributed by atoms with Crippen molar-refractivity contribution in [2.45, 2.75) is 96.2 Å². The molecule has 252 valence electrons. The number of nitrogens with one attached hydrogen (secondary N) is 1. The first-order chi connectivity index (χ1) is 22.8. The SMILES string of the molecule is COc1ccc(C2CCC(CN(C(=O)C3CCC(NC(=O)OC4COC4)CC3)c3cccc(-c4cnn(C(C)C)c4)c3)CC2)cc1C. The number of benzene rings is 2. The fourth-order valence-corrected chi connectivity index (χ4v) is 7.38. The second-order valence-electron chi connectivity index (χ2n) is 14.0. The lowest BCUT2D eigenvalue weighted by Gasteiger charge is -2.36. The molecule has 0 unspecified atom stereocenters. The molecule has 0 bridgehead atoms. The molecule has 2 heterocycles. The van der Waals surface area contributed by atoms with E-state index >= 15 is 0 Å². The van der Waals surface area contributed by atoms with E-state index in [2.05, 4.69) is 84.7 Å². The first kappa shape index (κ1) is 33.1. The van der Waals surface area contributed by atoms with Crippen LogP contribution in [0.1, 0.15) is 88.3 Å². The molecular formula is C38H50N4O5. The minimum absolute atomic E-state index is 0.0266. The summed E-state index contributed by atoms with van der Waals surface area (Å²) in [7, 11) is 1.72. The maximum absolute atomic E-state index is 14.4. The van der Waals surface area contributed by atoms with Gasteiger partial charge < -0.3 is 24.4 Å². The molecule has 9 nitrogen and oxygen atoms in total. The maximum atomic E-state index is 14.4. The number of carbonyl (C=O) groups is 2. The van der Waals surface area contributed by atoms with Crippen molar-refractivity contribution >= 4 is 17.7 Å². The van der Waals surface area contributed by atoms with Gasteiger partial charge in [0.25, 0.3) is 0 Å². The Bertz CT molecular complexity index is 1520. The molecule has 9 heteroatoms. The van der Waals surface area contributed by atoms with Gasteiger partial charge in [-0.25, -0.2) is 4.79 Å². The van der Waals surface area contributed by atoms with Crippen molar-refractivity contribution in [2.75, 3.05) is 31.8 Å². The molecule has 6 rings (SSSR count). The van der Waals surface area contributed by atoms with E-state index in [-0.39, 0.29) is 36.1 Å². The summed E-state index contributed by atoms with van der Waals surface area (Å²) in [5.41, 5.74) is 5.63. The van der Waals surface area contributed by atoms with Crippen molar-refractivity contribution in [2.24, 2.45) is 11.8 Å². The molecule has 1 N–H and O–H groups in total. The van der Waals surface area contributed by atoms with Gasteiger partial charge in [0.1, 0.15) is 5.75 Å². The topological polar surface area (TPSA) is 94.9 Å². The predicted octanol–water partition coefficient (Wildman–Crippen LogP) is 7.44. The Kier molecular flexibility index (Phi) is 10.5. The number of carbonyl (C=O) groups excluding carboxylic acids is 2. The average Bonchev–Trinajstić information content (AvgIpc) is 3.57. The molecule has 47 heavy (non-hydrogen) atoms. The summed E-state index contributed by atoms with van der Waals surface area (Å²) in [6.45, 7) is 8.00. The van der Waals surface area contributed by atoms with Crippen molar-refractivity contribution in [1.29, 1.82) is 0 Å². The molecule has 0 radical (unpaired) electrons. The molecule has 3 aliphatic rings. The van der Waals surface area contributed by atoms with Gasteiger partial charge in [0.2, 0.25) is 5.91 Å². The van der Waals surface area contributed by atoms with Crippen molar-refractivity contribution in [3.8, 4) is 16.9 Å². The van der Waals surface area contributed by atoms with Crippen LogP contribution in [0.3, 0.4) is 0 Å². The van der Waals surface area contributed by atoms with E-state index in [1.165, 1.54) is 11.1 Å². The summed E-state index contributed by atoms with van der Waals surface area (Å²) in [5, 5.41) is 7.56. The Morgan fingerprint density at radius 3 is 2.40 bits per heavy atom. The number of amides is 2. The quantitative estimate of drug-likeness (QED) is 0.247. The molecule has 0 spiro atoms. The van der Waals surface area contributed by atoms with Crippen LogP contribution in [-0.2, 0) is 14.3 Å². The number of rotatable bonds is 10. The van der Waals surface area contributed by atoms with E-state index in [9.17, 15) is 9.59 Å². The van der Waals surface area contributed by atoms with Crippen LogP contribution in [0.4, 0.5) is 10.5 Å². The molecule has 3 fully saturated rings. The molecule has 1 saturated heterocycles. The van der Waals surface area contributed by atoms with Gasteiger partial charge >= 0.3 is 6.09 Å². The van der Waals surface area contributed by atoms with Gasteiger partial charge in [-0.15, -0.1) is 0 Å². The van der Waals surface area contributed by atoms with Crippen LogP contribution in [-0.4, -0.2) is 60.8 Å². The normalized spacial score (nSPS) is 23.2. The fraction of sp³-hybridized carbons (Fsp3) is 0.553. The smallest absolute Gasteiger partial charge is 0.407 e. The molecule has 1 aliphatic heterocycles. The Morgan fingerprint density at radius 2 is 1.77 bits per heavy atom. The zero-order chi connectivity index (χ0) is 32.9. The van der Waals surface area contributed by atoms with E-state index in [0.717, 1.165) is 80.5 Å². The van der Waals surface area contributed by atoms with Crippen LogP contribution >= 0.6 is 0 Å². The number of anilines is 1. The van der Waals surface area contributed by atoms with Gasteiger partial charge in [0, 0.05) is 42.0 Å². The second-order valence-corrected chi connectivity index (χ2v) is 14.0. The number of hydrogen-bond acceptors (Lipinski definition) is 6. The van der Waals surface area contributed by atoms with Gasteiger partial charge in [-0.1, -0.05) is 24.3 Å². The zero-order valence-corrected chi connectivity index (χ0v) is 28.3. The van der Waals surface area contributed by atoms with Gasteiger partial charge in [0.05, 0.1) is 26.5 Å². The van der Waals surface area contributed by atoms with Gasteiger partial charge in [-0.2, -0.15) is 5.10 Å². The number of methoxy groups -OCH3 is 1. The number of nitrogens with zero attached hydrogens (tertiary/aromatic N) is 3. The summed E-state index contributed by atoms with van der Waals surface area (Å²) in [6.07, 6.45) is 10.9. The van der Waals surface area contributed by atoms with Crippen molar-refractivity contribution in [3.63, 3.8) is 0 Å². The highest BCUT2D eigenvalue weighted by molar-refractivity contribution is 5.95. The van der Waals surface area contributed by atoms with Crippen molar-refractivity contribution in [3.05, 3.63) is 66.0 Å². The number of aryl methyl sites for hydroxylation is 1. The Morgan fingerprint density at radius 1 is 1.00 bits per heavy atom. The number of ether oxygens (including phenoxy) is 3. The van der Waals surface area contributed by atoms with Crippen LogP contribution < -0.4 is 15.0 Å². The lowest BCUT2D eigenvalue weighted by molar-refractivity contribution is -0.123. The van der Waals surface area contributed by atoms with E-state index < -0.39 is 0 Å². The molecule has 1 aromatic heterocycles. The van der Waals surface area contributed by atoms with Crippen molar-refractivity contribution < 1.29 is 23.8 Å². The van der Waals surface area contributed by atoms with Gasteiger partial charge in [-0.05, 0) is 119 Å². The van der Waals surface area contributed by atoms with E-state index in [1.807, 2.05) is 10.9 Å². The van der Waals surface area contributed by atoms with Crippen LogP contribution in [0.25, 0.3) is 11.1 Å². The first-order valence-corrected chi connectivity index (χ1v) is 17.4. The van der Waals surface area contributed by atoms with Crippen LogP contribution in [0.15, 0.2) is 54.9 Å². The van der Waals surface area contributed by atoms with E-state index in [1.54, 1.807) is 7.11 Å². The van der Waals surface area contributed by atoms with Crippen LogP contribution in [0, 0.1) is 18.8 Å². The average molecular weight is 643 g/mol. The monoisotopic (exact) mass is 642 g/mol. The summed E-state index contributed by atoms with van der Waals surface area (Å²) < 4.78 is 18.0. The standard InChI is InChI=1S/C38H50N4O5/c1-25(2)42-22-32(20-39-42)30-6-5-7-34(19-30)41(21-27-8-10-28(11-9-27)31-14-17-36(45-4)26(3)18-31)37(43)29-12-15-33(16-13-29)40-38(44)47-35-23-46-24-35/h5-7,14,17-20,22,25,27-29,33,35H,8-13,15-16,21,23-24H2,1-4H3,(H,40,44). The maximum Gasteiger partial charge on any atom is 0.407 e. The van der Waals surface area contributed by atoms with Crippen molar-refractivity contribution in [1.82, 2.24) is 15.1 Å². The third-order valence-electron chi connectivity index (χ3n) is 10.3. The van der Waals surface area contributed by atoms with E-state index in [0.29, 0.717) is 25.0 Å². The molecule has 0 atom stereocenters. The summed E-state index contributed by atoms with van der Waals surface area (Å²) >= 11 is 0. The highest BCUT2D eigenvalue weighted by atomic mass is 16.6. The number of alkyl carbamates (subject to hydrolysis) is 1.